The molecule has 1 amide bonds. The molecule has 0 radical (unpaired) electrons. The second kappa shape index (κ2) is 9.30. The van der Waals surface area contributed by atoms with Crippen LogP contribution in [0.2, 0.25) is 5.02 Å². The first-order chi connectivity index (χ1) is 13.2. The van der Waals surface area contributed by atoms with E-state index in [4.69, 9.17) is 16.3 Å². The lowest BCUT2D eigenvalue weighted by atomic mass is 10.1. The fourth-order valence-corrected chi connectivity index (χ4v) is 4.33. The van der Waals surface area contributed by atoms with E-state index in [1.807, 2.05) is 12.1 Å². The van der Waals surface area contributed by atoms with Crippen molar-refractivity contribution in [2.24, 2.45) is 0 Å². The minimum absolute atomic E-state index is 0.283. The fourth-order valence-electron chi connectivity index (χ4n) is 2.91. The molecular weight excluding hydrogens is 400 g/mol. The summed E-state index contributed by atoms with van der Waals surface area (Å²) in [5.41, 5.74) is 2.01. The highest BCUT2D eigenvalue weighted by atomic mass is 35.5. The molecule has 0 saturated carbocycles. The molecule has 2 aromatic carbocycles. The number of sulfonamides is 1. The van der Waals surface area contributed by atoms with Crippen LogP contribution in [0, 0.1) is 6.92 Å². The summed E-state index contributed by atoms with van der Waals surface area (Å²) in [4.78, 5) is 12.9. The minimum Gasteiger partial charge on any atom is -0.497 e. The van der Waals surface area contributed by atoms with E-state index < -0.39 is 16.1 Å². The van der Waals surface area contributed by atoms with Gasteiger partial charge in [0.1, 0.15) is 11.8 Å². The summed E-state index contributed by atoms with van der Waals surface area (Å²) in [6.07, 6.45) is 1.40. The second-order valence-corrected chi connectivity index (χ2v) is 8.78. The largest absolute Gasteiger partial charge is 0.497 e. The summed E-state index contributed by atoms with van der Waals surface area (Å²) in [5.74, 6) is 0.351. The summed E-state index contributed by atoms with van der Waals surface area (Å²) in [6.45, 7) is 3.84. The lowest BCUT2D eigenvalue weighted by Crippen LogP contribution is -2.49. The predicted molar refractivity (Wildman–Crippen MR) is 112 cm³/mol. The van der Waals surface area contributed by atoms with Gasteiger partial charge in [-0.25, -0.2) is 8.42 Å². The number of nitrogens with zero attached hydrogens (tertiary/aromatic N) is 1. The Bertz CT molecular complexity index is 930. The molecule has 2 rings (SSSR count). The predicted octanol–water partition coefficient (Wildman–Crippen LogP) is 3.52. The van der Waals surface area contributed by atoms with Crippen molar-refractivity contribution >= 4 is 33.2 Å². The minimum atomic E-state index is -3.71. The number of benzene rings is 2. The van der Waals surface area contributed by atoms with Gasteiger partial charge >= 0.3 is 0 Å². The first kappa shape index (κ1) is 22.0. The van der Waals surface area contributed by atoms with Crippen LogP contribution in [0.3, 0.4) is 0 Å². The van der Waals surface area contributed by atoms with Crippen molar-refractivity contribution < 1.29 is 17.9 Å². The van der Waals surface area contributed by atoms with Gasteiger partial charge in [0, 0.05) is 11.6 Å². The summed E-state index contributed by atoms with van der Waals surface area (Å²) < 4.78 is 31.3. The number of carbonyl (C=O) groups excluding carboxylic acids is 1. The quantitative estimate of drug-likeness (QED) is 0.703. The van der Waals surface area contributed by atoms with Crippen molar-refractivity contribution in [2.45, 2.75) is 32.9 Å². The summed E-state index contributed by atoms with van der Waals surface area (Å²) in [7, 11) is -2.12. The standard InChI is InChI=1S/C20H25ClN2O4S/c1-5-18(20(24)22-13-15-7-10-17(27-3)11-8-15)23(28(4,25)26)19-12-16(21)9-6-14(19)2/h6-12,18H,5,13H2,1-4H3,(H,22,24). The zero-order valence-electron chi connectivity index (χ0n) is 16.4. The first-order valence-corrected chi connectivity index (χ1v) is 11.1. The van der Waals surface area contributed by atoms with E-state index in [1.54, 1.807) is 51.3 Å². The van der Waals surface area contributed by atoms with Crippen molar-refractivity contribution in [3.05, 3.63) is 58.6 Å². The molecule has 0 aliphatic rings. The molecule has 28 heavy (non-hydrogen) atoms. The molecule has 0 fully saturated rings. The Morgan fingerprint density at radius 2 is 1.86 bits per heavy atom. The Hall–Kier alpha value is -2.25. The van der Waals surface area contributed by atoms with Crippen molar-refractivity contribution in [3.63, 3.8) is 0 Å². The van der Waals surface area contributed by atoms with Crippen LogP contribution in [0.5, 0.6) is 5.75 Å². The maximum Gasteiger partial charge on any atom is 0.244 e. The molecule has 8 heteroatoms. The highest BCUT2D eigenvalue weighted by Crippen LogP contribution is 2.29. The van der Waals surface area contributed by atoms with Gasteiger partial charge in [-0.2, -0.15) is 0 Å². The Labute approximate surface area is 171 Å². The van der Waals surface area contributed by atoms with Gasteiger partial charge in [0.25, 0.3) is 0 Å². The zero-order chi connectivity index (χ0) is 20.9. The number of nitrogens with one attached hydrogen (secondary N) is 1. The van der Waals surface area contributed by atoms with Crippen molar-refractivity contribution in [3.8, 4) is 5.75 Å². The van der Waals surface area contributed by atoms with Gasteiger partial charge in [-0.05, 0) is 48.7 Å². The number of carbonyl (C=O) groups is 1. The van der Waals surface area contributed by atoms with Crippen molar-refractivity contribution in [1.82, 2.24) is 5.32 Å². The normalized spacial score (nSPS) is 12.3. The second-order valence-electron chi connectivity index (χ2n) is 6.48. The Kier molecular flexibility index (Phi) is 7.32. The van der Waals surface area contributed by atoms with Crippen LogP contribution in [-0.2, 0) is 21.4 Å². The molecule has 0 heterocycles. The molecule has 2 aromatic rings. The van der Waals surface area contributed by atoms with E-state index in [9.17, 15) is 13.2 Å². The van der Waals surface area contributed by atoms with E-state index >= 15 is 0 Å². The van der Waals surface area contributed by atoms with Crippen LogP contribution >= 0.6 is 11.6 Å². The molecule has 0 aliphatic heterocycles. The van der Waals surface area contributed by atoms with E-state index in [2.05, 4.69) is 5.32 Å². The number of anilines is 1. The Morgan fingerprint density at radius 1 is 1.21 bits per heavy atom. The Balaban J connectivity index is 2.27. The molecule has 1 N–H and O–H groups in total. The topological polar surface area (TPSA) is 75.7 Å². The highest BCUT2D eigenvalue weighted by molar-refractivity contribution is 7.92. The van der Waals surface area contributed by atoms with Crippen LogP contribution in [0.15, 0.2) is 42.5 Å². The van der Waals surface area contributed by atoms with Crippen molar-refractivity contribution in [2.75, 3.05) is 17.7 Å². The number of hydrogen-bond acceptors (Lipinski definition) is 4. The maximum absolute atomic E-state index is 12.9. The third-order valence-electron chi connectivity index (χ3n) is 4.36. The van der Waals surface area contributed by atoms with E-state index in [-0.39, 0.29) is 12.5 Å². The molecular formula is C20H25ClN2O4S. The van der Waals surface area contributed by atoms with Crippen LogP contribution in [0.4, 0.5) is 5.69 Å². The number of hydrogen-bond donors (Lipinski definition) is 1. The van der Waals surface area contributed by atoms with Gasteiger partial charge in [-0.15, -0.1) is 0 Å². The van der Waals surface area contributed by atoms with Crippen molar-refractivity contribution in [1.29, 1.82) is 0 Å². The lowest BCUT2D eigenvalue weighted by Gasteiger charge is -2.31. The average molecular weight is 425 g/mol. The molecule has 1 atom stereocenters. The molecule has 0 spiro atoms. The number of aryl methyl sites for hydroxylation is 1. The molecule has 0 aliphatic carbocycles. The van der Waals surface area contributed by atoms with Gasteiger partial charge in [0.15, 0.2) is 0 Å². The first-order valence-electron chi connectivity index (χ1n) is 8.83. The third-order valence-corrected chi connectivity index (χ3v) is 5.77. The fraction of sp³-hybridized carbons (Fsp3) is 0.350. The summed E-state index contributed by atoms with van der Waals surface area (Å²) >= 11 is 6.07. The molecule has 1 unspecified atom stereocenters. The van der Waals surface area contributed by atoms with E-state index in [0.717, 1.165) is 27.4 Å². The maximum atomic E-state index is 12.9. The van der Waals surface area contributed by atoms with E-state index in [1.165, 1.54) is 0 Å². The molecule has 0 saturated heterocycles. The molecule has 152 valence electrons. The number of rotatable bonds is 8. The summed E-state index contributed by atoms with van der Waals surface area (Å²) in [6, 6.07) is 11.4. The van der Waals surface area contributed by atoms with Crippen LogP contribution in [0.25, 0.3) is 0 Å². The number of ether oxygens (including phenoxy) is 1. The molecule has 0 bridgehead atoms. The Morgan fingerprint density at radius 3 is 2.39 bits per heavy atom. The van der Waals surface area contributed by atoms with Gasteiger partial charge in [-0.1, -0.05) is 36.7 Å². The van der Waals surface area contributed by atoms with Gasteiger partial charge in [0.2, 0.25) is 15.9 Å². The SMILES string of the molecule is CCC(C(=O)NCc1ccc(OC)cc1)N(c1cc(Cl)ccc1C)S(C)(=O)=O. The van der Waals surface area contributed by atoms with Crippen LogP contribution in [-0.4, -0.2) is 33.7 Å². The zero-order valence-corrected chi connectivity index (χ0v) is 18.0. The molecule has 0 aromatic heterocycles. The number of amides is 1. The van der Waals surface area contributed by atoms with Crippen LogP contribution in [0.1, 0.15) is 24.5 Å². The lowest BCUT2D eigenvalue weighted by molar-refractivity contribution is -0.122. The van der Waals surface area contributed by atoms with Gasteiger partial charge in [-0.3, -0.25) is 9.10 Å². The van der Waals surface area contributed by atoms with E-state index in [0.29, 0.717) is 17.1 Å². The smallest absolute Gasteiger partial charge is 0.244 e. The summed E-state index contributed by atoms with van der Waals surface area (Å²) in [5, 5.41) is 3.23. The third kappa shape index (κ3) is 5.39. The average Bonchev–Trinajstić information content (AvgIpc) is 2.65. The number of methoxy groups -OCH3 is 1. The number of halogens is 1. The molecule has 6 nitrogen and oxygen atoms in total. The van der Waals surface area contributed by atoms with Gasteiger partial charge in [0.05, 0.1) is 19.1 Å². The monoisotopic (exact) mass is 424 g/mol. The highest BCUT2D eigenvalue weighted by Gasteiger charge is 2.32. The van der Waals surface area contributed by atoms with Gasteiger partial charge < -0.3 is 10.1 Å². The van der Waals surface area contributed by atoms with Crippen LogP contribution < -0.4 is 14.4 Å².